The van der Waals surface area contributed by atoms with E-state index < -0.39 is 0 Å². The molecule has 186 valence electrons. The molecule has 2 N–H and O–H groups in total. The van der Waals surface area contributed by atoms with E-state index in [4.69, 9.17) is 4.74 Å². The van der Waals surface area contributed by atoms with Gasteiger partial charge in [-0.1, -0.05) is 30.3 Å². The molecule has 5 aromatic rings. The molecule has 0 aliphatic carbocycles. The summed E-state index contributed by atoms with van der Waals surface area (Å²) >= 11 is 0. The minimum Gasteiger partial charge on any atom is -0.486 e. The number of fused-ring (bicyclic) bond motifs is 1. The Morgan fingerprint density at radius 1 is 1.00 bits per heavy atom. The van der Waals surface area contributed by atoms with Crippen molar-refractivity contribution in [3.05, 3.63) is 114 Å². The monoisotopic (exact) mass is 494 g/mol. The van der Waals surface area contributed by atoms with Gasteiger partial charge in [-0.2, -0.15) is 5.10 Å². The van der Waals surface area contributed by atoms with Crippen molar-refractivity contribution in [3.63, 3.8) is 0 Å². The van der Waals surface area contributed by atoms with Crippen LogP contribution in [0.1, 0.15) is 27.2 Å². The minimum atomic E-state index is -0.255. The van der Waals surface area contributed by atoms with Crippen LogP contribution in [0.4, 0.5) is 5.69 Å². The lowest BCUT2D eigenvalue weighted by atomic mass is 10.1. The fourth-order valence-electron chi connectivity index (χ4n) is 3.98. The molecule has 5 rings (SSSR count). The van der Waals surface area contributed by atoms with Gasteiger partial charge in [-0.05, 0) is 54.4 Å². The number of imidazole rings is 1. The molecule has 3 heterocycles. The van der Waals surface area contributed by atoms with E-state index in [0.29, 0.717) is 23.5 Å². The Labute approximate surface area is 213 Å². The molecule has 9 nitrogen and oxygen atoms in total. The summed E-state index contributed by atoms with van der Waals surface area (Å²) in [5.74, 6) is 0.0414. The number of aryl methyl sites for hydroxylation is 1. The zero-order chi connectivity index (χ0) is 25.6. The number of rotatable bonds is 9. The second-order valence-corrected chi connectivity index (χ2v) is 8.57. The van der Waals surface area contributed by atoms with Crippen LogP contribution >= 0.6 is 0 Å². The molecule has 0 saturated heterocycles. The summed E-state index contributed by atoms with van der Waals surface area (Å²) in [4.78, 5) is 29.9. The van der Waals surface area contributed by atoms with Crippen LogP contribution in [0.5, 0.6) is 5.75 Å². The zero-order valence-corrected chi connectivity index (χ0v) is 20.3. The van der Waals surface area contributed by atoms with Crippen LogP contribution < -0.4 is 15.4 Å². The molecular formula is C28H26N6O3. The van der Waals surface area contributed by atoms with Crippen molar-refractivity contribution in [3.8, 4) is 5.75 Å². The number of carbonyl (C=O) groups is 2. The summed E-state index contributed by atoms with van der Waals surface area (Å²) in [6, 6.07) is 20.2. The second kappa shape index (κ2) is 10.8. The van der Waals surface area contributed by atoms with E-state index in [0.717, 1.165) is 22.5 Å². The smallest absolute Gasteiger partial charge is 0.255 e. The molecule has 0 saturated carbocycles. The van der Waals surface area contributed by atoms with Crippen molar-refractivity contribution in [1.29, 1.82) is 0 Å². The summed E-state index contributed by atoms with van der Waals surface area (Å²) in [6.07, 6.45) is 7.22. The average Bonchev–Trinajstić information content (AvgIpc) is 3.57. The second-order valence-electron chi connectivity index (χ2n) is 8.57. The molecule has 2 aromatic carbocycles. The van der Waals surface area contributed by atoms with Crippen LogP contribution in [0, 0.1) is 6.92 Å². The molecule has 0 bridgehead atoms. The van der Waals surface area contributed by atoms with Crippen LogP contribution in [0.2, 0.25) is 0 Å². The molecule has 0 radical (unpaired) electrons. The number of anilines is 1. The molecular weight excluding hydrogens is 468 g/mol. The predicted molar refractivity (Wildman–Crippen MR) is 139 cm³/mol. The van der Waals surface area contributed by atoms with Gasteiger partial charge >= 0.3 is 0 Å². The van der Waals surface area contributed by atoms with Gasteiger partial charge in [0.05, 0.1) is 11.3 Å². The van der Waals surface area contributed by atoms with E-state index in [1.807, 2.05) is 60.1 Å². The molecule has 0 spiro atoms. The third-order valence-electron chi connectivity index (χ3n) is 5.76. The number of aromatic nitrogens is 4. The first-order valence-electron chi connectivity index (χ1n) is 11.8. The van der Waals surface area contributed by atoms with Crippen LogP contribution in [-0.4, -0.2) is 31.0 Å². The van der Waals surface area contributed by atoms with Gasteiger partial charge < -0.3 is 19.8 Å². The molecule has 9 heteroatoms. The third kappa shape index (κ3) is 5.84. The van der Waals surface area contributed by atoms with Crippen LogP contribution in [-0.2, 0) is 24.5 Å². The number of hydrogen-bond acceptors (Lipinski definition) is 5. The van der Waals surface area contributed by atoms with Gasteiger partial charge in [0.1, 0.15) is 24.5 Å². The lowest BCUT2D eigenvalue weighted by molar-refractivity contribution is -0.116. The summed E-state index contributed by atoms with van der Waals surface area (Å²) < 4.78 is 9.49. The van der Waals surface area contributed by atoms with E-state index in [2.05, 4.69) is 20.7 Å². The predicted octanol–water partition coefficient (Wildman–Crippen LogP) is 3.99. The number of ether oxygens (including phenoxy) is 1. The van der Waals surface area contributed by atoms with Gasteiger partial charge in [-0.25, -0.2) is 4.98 Å². The van der Waals surface area contributed by atoms with Crippen molar-refractivity contribution in [2.45, 2.75) is 26.6 Å². The van der Waals surface area contributed by atoms with Gasteiger partial charge in [-0.15, -0.1) is 0 Å². The molecule has 0 unspecified atom stereocenters. The molecule has 3 aromatic heterocycles. The minimum absolute atomic E-state index is 0.124. The Balaban J connectivity index is 1.19. The van der Waals surface area contributed by atoms with E-state index in [9.17, 15) is 9.59 Å². The van der Waals surface area contributed by atoms with Crippen LogP contribution in [0.3, 0.4) is 0 Å². The van der Waals surface area contributed by atoms with Gasteiger partial charge in [-0.3, -0.25) is 14.3 Å². The lowest BCUT2D eigenvalue weighted by Gasteiger charge is -2.12. The Morgan fingerprint density at radius 3 is 2.73 bits per heavy atom. The maximum absolute atomic E-state index is 13.0. The van der Waals surface area contributed by atoms with Crippen molar-refractivity contribution in [2.24, 2.45) is 0 Å². The maximum Gasteiger partial charge on any atom is 0.255 e. The number of benzene rings is 2. The van der Waals surface area contributed by atoms with Gasteiger partial charge in [0, 0.05) is 37.0 Å². The van der Waals surface area contributed by atoms with E-state index >= 15 is 0 Å². The molecule has 0 fully saturated rings. The number of amides is 2. The van der Waals surface area contributed by atoms with Crippen LogP contribution in [0.15, 0.2) is 91.5 Å². The summed E-state index contributed by atoms with van der Waals surface area (Å²) in [7, 11) is 0. The zero-order valence-electron chi connectivity index (χ0n) is 20.3. The average molecular weight is 495 g/mol. The fraction of sp³-hybridized carbons (Fsp3) is 0.143. The molecule has 2 amide bonds. The van der Waals surface area contributed by atoms with Gasteiger partial charge in [0.2, 0.25) is 5.91 Å². The van der Waals surface area contributed by atoms with Crippen molar-refractivity contribution >= 4 is 23.1 Å². The van der Waals surface area contributed by atoms with E-state index in [-0.39, 0.29) is 25.0 Å². The number of para-hydroxylation sites is 1. The molecule has 0 aliphatic rings. The third-order valence-corrected chi connectivity index (χ3v) is 5.76. The number of nitrogens with zero attached hydrogens (tertiary/aromatic N) is 4. The number of nitrogens with one attached hydrogen (secondary N) is 2. The largest absolute Gasteiger partial charge is 0.486 e. The quantitative estimate of drug-likeness (QED) is 0.323. The molecule has 37 heavy (non-hydrogen) atoms. The number of carbonyl (C=O) groups excluding carboxylic acids is 2. The number of pyridine rings is 1. The highest BCUT2D eigenvalue weighted by molar-refractivity contribution is 5.97. The highest BCUT2D eigenvalue weighted by atomic mass is 16.5. The summed E-state index contributed by atoms with van der Waals surface area (Å²) in [6.45, 7) is 2.67. The highest BCUT2D eigenvalue weighted by Gasteiger charge is 2.13. The van der Waals surface area contributed by atoms with Gasteiger partial charge in [0.25, 0.3) is 5.91 Å². The first-order valence-corrected chi connectivity index (χ1v) is 11.8. The maximum atomic E-state index is 13.0. The van der Waals surface area contributed by atoms with E-state index in [1.54, 1.807) is 47.4 Å². The number of hydrogen-bond donors (Lipinski definition) is 2. The fourth-order valence-corrected chi connectivity index (χ4v) is 3.98. The topological polar surface area (TPSA) is 103 Å². The SMILES string of the molecule is Cc1cccn2cc(COc3ccccc3C(=O)NCc3cccc(NC(=O)Cn4cccn4)c3)nc12. The molecule has 0 aliphatic heterocycles. The van der Waals surface area contributed by atoms with Crippen molar-refractivity contribution in [1.82, 2.24) is 24.5 Å². The first kappa shape index (κ1) is 23.8. The normalized spacial score (nSPS) is 10.8. The first-order chi connectivity index (χ1) is 18.0. The van der Waals surface area contributed by atoms with Crippen molar-refractivity contribution in [2.75, 3.05) is 5.32 Å². The standard InChI is InChI=1S/C28H26N6O3/c1-20-7-5-13-33-17-23(32-27(20)33)19-37-25-11-3-2-10-24(25)28(36)29-16-21-8-4-9-22(15-21)31-26(35)18-34-14-6-12-30-34/h2-15,17H,16,18-19H2,1H3,(H,29,36)(H,31,35). The molecule has 0 atom stereocenters. The summed E-state index contributed by atoms with van der Waals surface area (Å²) in [5, 5.41) is 9.83. The Hall–Kier alpha value is -4.92. The Bertz CT molecular complexity index is 1540. The Kier molecular flexibility index (Phi) is 6.93. The van der Waals surface area contributed by atoms with Crippen molar-refractivity contribution < 1.29 is 14.3 Å². The highest BCUT2D eigenvalue weighted by Crippen LogP contribution is 2.20. The van der Waals surface area contributed by atoms with Crippen LogP contribution in [0.25, 0.3) is 5.65 Å². The summed E-state index contributed by atoms with van der Waals surface area (Å²) in [5.41, 5.74) is 4.67. The lowest BCUT2D eigenvalue weighted by Crippen LogP contribution is -2.23. The van der Waals surface area contributed by atoms with Gasteiger partial charge in [0.15, 0.2) is 0 Å². The van der Waals surface area contributed by atoms with E-state index in [1.165, 1.54) is 0 Å². The Morgan fingerprint density at radius 2 is 1.89 bits per heavy atom.